The lowest BCUT2D eigenvalue weighted by Gasteiger charge is -2.33. The highest BCUT2D eigenvalue weighted by Gasteiger charge is 2.56. The van der Waals surface area contributed by atoms with Gasteiger partial charge in [-0.15, -0.1) is 0 Å². The second kappa shape index (κ2) is 17.1. The molecular weight excluding hydrogens is 665 g/mol. The fraction of sp³-hybridized carbons (Fsp3) is 0.436. The Morgan fingerprint density at radius 2 is 1.21 bits per heavy atom. The van der Waals surface area contributed by atoms with E-state index >= 15 is 0 Å². The molecule has 2 atom stereocenters. The van der Waals surface area contributed by atoms with Crippen molar-refractivity contribution in [2.45, 2.75) is 83.4 Å². The molecule has 3 amide bonds. The van der Waals surface area contributed by atoms with Crippen LogP contribution in [0, 0.1) is 5.92 Å². The molecule has 2 N–H and O–H groups in total. The third-order valence-electron chi connectivity index (χ3n) is 9.94. The van der Waals surface area contributed by atoms with Crippen LogP contribution in [0.3, 0.4) is 0 Å². The van der Waals surface area contributed by atoms with E-state index in [-0.39, 0.29) is 39.5 Å². The Bertz CT molecular complexity index is 1640. The zero-order chi connectivity index (χ0) is 37.2. The highest BCUT2D eigenvalue weighted by molar-refractivity contribution is 6.45. The summed E-state index contributed by atoms with van der Waals surface area (Å²) in [7, 11) is -0.460. The van der Waals surface area contributed by atoms with Gasteiger partial charge < -0.3 is 39.1 Å². The Morgan fingerprint density at radius 1 is 0.731 bits per heavy atom. The van der Waals surface area contributed by atoms with Crippen molar-refractivity contribution in [2.75, 3.05) is 19.6 Å². The summed E-state index contributed by atoms with van der Waals surface area (Å²) in [5.74, 6) is -1.72. The van der Waals surface area contributed by atoms with Crippen LogP contribution in [0.15, 0.2) is 91.0 Å². The van der Waals surface area contributed by atoms with Crippen molar-refractivity contribution < 1.29 is 42.7 Å². The van der Waals surface area contributed by atoms with Crippen LogP contribution in [0.1, 0.15) is 57.2 Å². The standard InChI is InChI=1S/C39H48BN3O9/c1-37(2)38(3,4)52-40(51-37)22-14-21-32-24-43(33(44)23-41-35(46)49-26-30-17-10-6-11-18-30)28-39(32,34(45)48-25-29-15-8-5-9-16-29)42-36(47)50-27-31-19-12-7-13-20-31/h5-13,15-20,32H,14,21-28H2,1-4H3,(H,41,46)(H,42,47)/t32-,39-/m0/s1. The summed E-state index contributed by atoms with van der Waals surface area (Å²) in [5, 5.41) is 5.35. The van der Waals surface area contributed by atoms with Gasteiger partial charge in [-0.1, -0.05) is 97.4 Å². The second-order valence-corrected chi connectivity index (χ2v) is 14.2. The third-order valence-corrected chi connectivity index (χ3v) is 9.94. The Balaban J connectivity index is 1.32. The van der Waals surface area contributed by atoms with E-state index in [0.29, 0.717) is 19.2 Å². The van der Waals surface area contributed by atoms with Gasteiger partial charge in [0.05, 0.1) is 17.7 Å². The molecule has 3 aromatic carbocycles. The number of rotatable bonds is 14. The molecule has 3 aromatic rings. The van der Waals surface area contributed by atoms with Gasteiger partial charge in [0, 0.05) is 12.5 Å². The van der Waals surface area contributed by atoms with E-state index in [2.05, 4.69) is 10.6 Å². The number of benzene rings is 3. The molecular formula is C39H48BN3O9. The molecule has 2 saturated heterocycles. The molecule has 13 heteroatoms. The molecule has 0 saturated carbocycles. The number of ether oxygens (including phenoxy) is 3. The van der Waals surface area contributed by atoms with Crippen LogP contribution in [0.5, 0.6) is 0 Å². The van der Waals surface area contributed by atoms with Gasteiger partial charge in [-0.3, -0.25) is 4.79 Å². The van der Waals surface area contributed by atoms with Crippen LogP contribution in [0.4, 0.5) is 9.59 Å². The van der Waals surface area contributed by atoms with Crippen molar-refractivity contribution in [1.82, 2.24) is 15.5 Å². The monoisotopic (exact) mass is 713 g/mol. The number of alkyl carbamates (subject to hydrolysis) is 2. The van der Waals surface area contributed by atoms with Gasteiger partial charge in [0.15, 0.2) is 5.54 Å². The molecule has 0 spiro atoms. The second-order valence-electron chi connectivity index (χ2n) is 14.2. The number of nitrogens with zero attached hydrogens (tertiary/aromatic N) is 1. The molecule has 0 unspecified atom stereocenters. The smallest absolute Gasteiger partial charge is 0.457 e. The average Bonchev–Trinajstić information content (AvgIpc) is 3.60. The molecule has 12 nitrogen and oxygen atoms in total. The zero-order valence-corrected chi connectivity index (χ0v) is 30.3. The maximum atomic E-state index is 14.2. The number of hydrogen-bond acceptors (Lipinski definition) is 9. The van der Waals surface area contributed by atoms with Crippen molar-refractivity contribution in [2.24, 2.45) is 5.92 Å². The topological polar surface area (TPSA) is 142 Å². The van der Waals surface area contributed by atoms with E-state index in [1.54, 1.807) is 0 Å². The summed E-state index contributed by atoms with van der Waals surface area (Å²) >= 11 is 0. The minimum absolute atomic E-state index is 0.0218. The molecule has 0 radical (unpaired) electrons. The molecule has 0 aliphatic carbocycles. The van der Waals surface area contributed by atoms with E-state index in [4.69, 9.17) is 23.5 Å². The first-order chi connectivity index (χ1) is 24.9. The SMILES string of the molecule is CC1(C)OB(CCC[C@H]2CN(C(=O)CNC(=O)OCc3ccccc3)C[C@@]2(NC(=O)OCc2ccccc2)C(=O)OCc2ccccc2)OC1(C)C. The normalized spacial score (nSPS) is 20.2. The first kappa shape index (κ1) is 38.4. The average molecular weight is 714 g/mol. The summed E-state index contributed by atoms with van der Waals surface area (Å²) in [6.45, 7) is 7.47. The molecule has 0 aromatic heterocycles. The van der Waals surface area contributed by atoms with Crippen LogP contribution < -0.4 is 10.6 Å². The third kappa shape index (κ3) is 9.92. The van der Waals surface area contributed by atoms with Crippen molar-refractivity contribution in [3.05, 3.63) is 108 Å². The summed E-state index contributed by atoms with van der Waals surface area (Å²) in [6, 6.07) is 27.5. The predicted molar refractivity (Wildman–Crippen MR) is 194 cm³/mol. The van der Waals surface area contributed by atoms with Gasteiger partial charge in [0.1, 0.15) is 26.4 Å². The van der Waals surface area contributed by atoms with Gasteiger partial charge in [0.25, 0.3) is 0 Å². The first-order valence-corrected chi connectivity index (χ1v) is 17.6. The number of carbonyl (C=O) groups is 4. The molecule has 2 heterocycles. The Hall–Kier alpha value is -4.88. The van der Waals surface area contributed by atoms with Crippen molar-refractivity contribution in [1.29, 1.82) is 0 Å². The molecule has 52 heavy (non-hydrogen) atoms. The van der Waals surface area contributed by atoms with Gasteiger partial charge in [-0.05, 0) is 57.1 Å². The van der Waals surface area contributed by atoms with E-state index in [1.165, 1.54) is 4.90 Å². The zero-order valence-electron chi connectivity index (χ0n) is 30.3. The number of esters is 1. The highest BCUT2D eigenvalue weighted by atomic mass is 16.7. The Labute approximate surface area is 305 Å². The maximum absolute atomic E-state index is 14.2. The van der Waals surface area contributed by atoms with Crippen molar-refractivity contribution >= 4 is 31.2 Å². The number of nitrogens with one attached hydrogen (secondary N) is 2. The Morgan fingerprint density at radius 3 is 1.73 bits per heavy atom. The van der Waals surface area contributed by atoms with Gasteiger partial charge in [0.2, 0.25) is 5.91 Å². The van der Waals surface area contributed by atoms with Crippen LogP contribution in [-0.2, 0) is 52.9 Å². The van der Waals surface area contributed by atoms with Crippen LogP contribution in [0.25, 0.3) is 0 Å². The van der Waals surface area contributed by atoms with Crippen LogP contribution in [0.2, 0.25) is 6.32 Å². The molecule has 2 fully saturated rings. The fourth-order valence-corrected chi connectivity index (χ4v) is 6.31. The fourth-order valence-electron chi connectivity index (χ4n) is 6.31. The minimum Gasteiger partial charge on any atom is -0.459 e. The molecule has 0 bridgehead atoms. The summed E-state index contributed by atoms with van der Waals surface area (Å²) in [5.41, 5.74) is -0.320. The lowest BCUT2D eigenvalue weighted by Crippen LogP contribution is -2.61. The minimum atomic E-state index is -1.65. The summed E-state index contributed by atoms with van der Waals surface area (Å²) in [6.07, 6.45) is -0.0819. The maximum Gasteiger partial charge on any atom is 0.457 e. The van der Waals surface area contributed by atoms with Gasteiger partial charge >= 0.3 is 25.3 Å². The van der Waals surface area contributed by atoms with E-state index < -0.39 is 53.8 Å². The van der Waals surface area contributed by atoms with E-state index in [1.807, 2.05) is 119 Å². The number of likely N-dealkylation sites (tertiary alicyclic amines) is 1. The Kier molecular flexibility index (Phi) is 12.6. The number of carbonyl (C=O) groups excluding carboxylic acids is 4. The highest BCUT2D eigenvalue weighted by Crippen LogP contribution is 2.39. The van der Waals surface area contributed by atoms with E-state index in [0.717, 1.165) is 16.7 Å². The van der Waals surface area contributed by atoms with E-state index in [9.17, 15) is 19.2 Å². The lowest BCUT2D eigenvalue weighted by molar-refractivity contribution is -0.154. The number of hydrogen-bond donors (Lipinski definition) is 2. The molecule has 276 valence electrons. The quantitative estimate of drug-likeness (QED) is 0.123. The molecule has 2 aliphatic rings. The van der Waals surface area contributed by atoms with Gasteiger partial charge in [-0.25, -0.2) is 14.4 Å². The summed E-state index contributed by atoms with van der Waals surface area (Å²) in [4.78, 5) is 55.2. The lowest BCUT2D eigenvalue weighted by atomic mass is 9.77. The first-order valence-electron chi connectivity index (χ1n) is 17.6. The number of amides is 3. The van der Waals surface area contributed by atoms with Crippen LogP contribution >= 0.6 is 0 Å². The van der Waals surface area contributed by atoms with Crippen LogP contribution in [-0.4, -0.2) is 72.5 Å². The van der Waals surface area contributed by atoms with Crippen molar-refractivity contribution in [3.8, 4) is 0 Å². The van der Waals surface area contributed by atoms with Gasteiger partial charge in [-0.2, -0.15) is 0 Å². The molecule has 2 aliphatic heterocycles. The predicted octanol–water partition coefficient (Wildman–Crippen LogP) is 5.65. The summed E-state index contributed by atoms with van der Waals surface area (Å²) < 4.78 is 29.1. The molecule has 5 rings (SSSR count). The van der Waals surface area contributed by atoms with Crippen molar-refractivity contribution in [3.63, 3.8) is 0 Å². The largest absolute Gasteiger partial charge is 0.459 e.